The molecule has 1 rings (SSSR count). The van der Waals surface area contributed by atoms with Crippen LogP contribution in [0.2, 0.25) is 0 Å². The van der Waals surface area contributed by atoms with Crippen LogP contribution in [0.1, 0.15) is 40.5 Å². The fourth-order valence-corrected chi connectivity index (χ4v) is 2.54. The molecule has 0 aromatic carbocycles. The first-order chi connectivity index (χ1) is 6.97. The fraction of sp³-hybridized carbons (Fsp3) is 1.00. The lowest BCUT2D eigenvalue weighted by Crippen LogP contribution is -2.43. The van der Waals surface area contributed by atoms with E-state index in [4.69, 9.17) is 4.74 Å². The molecule has 0 amide bonds. The lowest BCUT2D eigenvalue weighted by atomic mass is 10.1. The second kappa shape index (κ2) is 6.12. The Balaban J connectivity index is 2.14. The molecule has 1 saturated heterocycles. The maximum atomic E-state index is 5.46. The van der Waals surface area contributed by atoms with Gasteiger partial charge in [-0.3, -0.25) is 0 Å². The van der Waals surface area contributed by atoms with Gasteiger partial charge in [0.25, 0.3) is 0 Å². The summed E-state index contributed by atoms with van der Waals surface area (Å²) < 4.78 is 5.83. The Bertz CT molecular complexity index is 173. The van der Waals surface area contributed by atoms with Crippen molar-refractivity contribution in [1.82, 2.24) is 5.32 Å². The van der Waals surface area contributed by atoms with E-state index < -0.39 is 0 Å². The van der Waals surface area contributed by atoms with Gasteiger partial charge in [0, 0.05) is 29.2 Å². The van der Waals surface area contributed by atoms with Crippen molar-refractivity contribution in [2.45, 2.75) is 57.4 Å². The minimum Gasteiger partial charge on any atom is -0.380 e. The van der Waals surface area contributed by atoms with Gasteiger partial charge in [0.15, 0.2) is 0 Å². The molecule has 1 aliphatic heterocycles. The standard InChI is InChI=1S/C12H25NOS/c1-10(9-15-12(2,3)4)13-11-6-5-7-14-8-11/h10-11,13H,5-9H2,1-4H3. The van der Waals surface area contributed by atoms with E-state index in [1.807, 2.05) is 11.8 Å². The third-order valence-corrected chi connectivity index (χ3v) is 3.98. The van der Waals surface area contributed by atoms with Crippen LogP contribution in [0.4, 0.5) is 0 Å². The smallest absolute Gasteiger partial charge is 0.0619 e. The summed E-state index contributed by atoms with van der Waals surface area (Å²) in [6, 6.07) is 1.16. The van der Waals surface area contributed by atoms with Crippen molar-refractivity contribution in [2.24, 2.45) is 0 Å². The second-order valence-corrected chi connectivity index (χ2v) is 7.25. The molecule has 1 heterocycles. The summed E-state index contributed by atoms with van der Waals surface area (Å²) in [6.07, 6.45) is 2.47. The number of nitrogens with one attached hydrogen (secondary N) is 1. The van der Waals surface area contributed by atoms with Crippen LogP contribution in [0.15, 0.2) is 0 Å². The molecule has 90 valence electrons. The van der Waals surface area contributed by atoms with E-state index in [2.05, 4.69) is 33.0 Å². The molecular weight excluding hydrogens is 206 g/mol. The zero-order valence-electron chi connectivity index (χ0n) is 10.5. The summed E-state index contributed by atoms with van der Waals surface area (Å²) in [5, 5.41) is 3.65. The van der Waals surface area contributed by atoms with E-state index >= 15 is 0 Å². The van der Waals surface area contributed by atoms with Crippen molar-refractivity contribution in [3.63, 3.8) is 0 Å². The Morgan fingerprint density at radius 1 is 1.47 bits per heavy atom. The van der Waals surface area contributed by atoms with Crippen LogP contribution in [0.3, 0.4) is 0 Å². The van der Waals surface area contributed by atoms with Gasteiger partial charge >= 0.3 is 0 Å². The molecular formula is C12H25NOS. The largest absolute Gasteiger partial charge is 0.380 e. The van der Waals surface area contributed by atoms with Crippen molar-refractivity contribution in [1.29, 1.82) is 0 Å². The summed E-state index contributed by atoms with van der Waals surface area (Å²) >= 11 is 2.03. The molecule has 3 heteroatoms. The summed E-state index contributed by atoms with van der Waals surface area (Å²) in [6.45, 7) is 10.9. The molecule has 15 heavy (non-hydrogen) atoms. The highest BCUT2D eigenvalue weighted by molar-refractivity contribution is 8.00. The number of rotatable bonds is 4. The predicted molar refractivity (Wildman–Crippen MR) is 68.6 cm³/mol. The molecule has 1 aliphatic rings. The molecule has 1 N–H and O–H groups in total. The van der Waals surface area contributed by atoms with Crippen molar-refractivity contribution in [3.05, 3.63) is 0 Å². The highest BCUT2D eigenvalue weighted by Crippen LogP contribution is 2.23. The maximum absolute atomic E-state index is 5.46. The normalized spacial score (nSPS) is 25.2. The second-order valence-electron chi connectivity index (χ2n) is 5.41. The fourth-order valence-electron chi connectivity index (χ4n) is 1.70. The Labute approximate surface area is 98.5 Å². The molecule has 0 radical (unpaired) electrons. The van der Waals surface area contributed by atoms with Gasteiger partial charge in [-0.25, -0.2) is 0 Å². The van der Waals surface area contributed by atoms with E-state index in [1.54, 1.807) is 0 Å². The predicted octanol–water partition coefficient (Wildman–Crippen LogP) is 2.68. The van der Waals surface area contributed by atoms with E-state index in [0.29, 0.717) is 16.8 Å². The van der Waals surface area contributed by atoms with Gasteiger partial charge in [0.1, 0.15) is 0 Å². The van der Waals surface area contributed by atoms with Crippen LogP contribution in [-0.2, 0) is 4.74 Å². The van der Waals surface area contributed by atoms with Crippen LogP contribution < -0.4 is 5.32 Å². The van der Waals surface area contributed by atoms with Gasteiger partial charge in [-0.15, -0.1) is 0 Å². The van der Waals surface area contributed by atoms with Gasteiger partial charge in [-0.2, -0.15) is 11.8 Å². The summed E-state index contributed by atoms with van der Waals surface area (Å²) in [5.74, 6) is 1.18. The molecule has 2 nitrogen and oxygen atoms in total. The van der Waals surface area contributed by atoms with E-state index in [1.165, 1.54) is 18.6 Å². The van der Waals surface area contributed by atoms with Crippen LogP contribution >= 0.6 is 11.8 Å². The summed E-state index contributed by atoms with van der Waals surface area (Å²) in [5.41, 5.74) is 0. The highest BCUT2D eigenvalue weighted by atomic mass is 32.2. The van der Waals surface area contributed by atoms with Crippen molar-refractivity contribution < 1.29 is 4.74 Å². The number of hydrogen-bond acceptors (Lipinski definition) is 3. The van der Waals surface area contributed by atoms with Crippen LogP contribution in [0, 0.1) is 0 Å². The van der Waals surface area contributed by atoms with Gasteiger partial charge in [0.2, 0.25) is 0 Å². The molecule has 0 saturated carbocycles. The Hall–Kier alpha value is 0.270. The molecule has 2 unspecified atom stereocenters. The lowest BCUT2D eigenvalue weighted by Gasteiger charge is -2.28. The van der Waals surface area contributed by atoms with E-state index in [9.17, 15) is 0 Å². The van der Waals surface area contributed by atoms with Crippen LogP contribution in [0.5, 0.6) is 0 Å². The average Bonchev–Trinajstić information content (AvgIpc) is 2.15. The zero-order valence-corrected chi connectivity index (χ0v) is 11.3. The van der Waals surface area contributed by atoms with Crippen molar-refractivity contribution in [3.8, 4) is 0 Å². The Morgan fingerprint density at radius 3 is 2.73 bits per heavy atom. The zero-order chi connectivity index (χ0) is 11.3. The molecule has 0 spiro atoms. The topological polar surface area (TPSA) is 21.3 Å². The molecule has 1 fully saturated rings. The van der Waals surface area contributed by atoms with Gasteiger partial charge in [-0.1, -0.05) is 20.8 Å². The minimum absolute atomic E-state index is 0.374. The number of thioether (sulfide) groups is 1. The average molecular weight is 231 g/mol. The van der Waals surface area contributed by atoms with E-state index in [0.717, 1.165) is 13.2 Å². The van der Waals surface area contributed by atoms with Gasteiger partial charge in [-0.05, 0) is 19.8 Å². The molecule has 0 bridgehead atoms. The first kappa shape index (κ1) is 13.3. The summed E-state index contributed by atoms with van der Waals surface area (Å²) in [4.78, 5) is 0. The lowest BCUT2D eigenvalue weighted by molar-refractivity contribution is 0.0680. The number of ether oxygens (including phenoxy) is 1. The third-order valence-electron chi connectivity index (χ3n) is 2.45. The number of hydrogen-bond donors (Lipinski definition) is 1. The third kappa shape index (κ3) is 6.44. The molecule has 2 atom stereocenters. The van der Waals surface area contributed by atoms with E-state index in [-0.39, 0.29) is 0 Å². The molecule has 0 aliphatic carbocycles. The van der Waals surface area contributed by atoms with Crippen LogP contribution in [0.25, 0.3) is 0 Å². The maximum Gasteiger partial charge on any atom is 0.0619 e. The SMILES string of the molecule is CC(CSC(C)(C)C)NC1CCCOC1. The monoisotopic (exact) mass is 231 g/mol. The van der Waals surface area contributed by atoms with Crippen molar-refractivity contribution >= 4 is 11.8 Å². The van der Waals surface area contributed by atoms with Crippen molar-refractivity contribution in [2.75, 3.05) is 19.0 Å². The molecule has 0 aromatic heterocycles. The molecule has 0 aromatic rings. The van der Waals surface area contributed by atoms with Crippen LogP contribution in [-0.4, -0.2) is 35.8 Å². The first-order valence-corrected chi connectivity index (χ1v) is 6.94. The minimum atomic E-state index is 0.374. The quantitative estimate of drug-likeness (QED) is 0.804. The summed E-state index contributed by atoms with van der Waals surface area (Å²) in [7, 11) is 0. The first-order valence-electron chi connectivity index (χ1n) is 5.95. The highest BCUT2D eigenvalue weighted by Gasteiger charge is 2.17. The Morgan fingerprint density at radius 2 is 2.20 bits per heavy atom. The van der Waals surface area contributed by atoms with Gasteiger partial charge in [0.05, 0.1) is 6.61 Å². The Kier molecular flexibility index (Phi) is 5.44. The van der Waals surface area contributed by atoms with Gasteiger partial charge < -0.3 is 10.1 Å².